The van der Waals surface area contributed by atoms with Crippen LogP contribution in [0, 0.1) is 11.7 Å². The van der Waals surface area contributed by atoms with Gasteiger partial charge in [0.1, 0.15) is 17.7 Å². The monoisotopic (exact) mass is 477 g/mol. The first-order valence-corrected chi connectivity index (χ1v) is 11.5. The maximum Gasteiger partial charge on any atom is 0.326 e. The average Bonchev–Trinajstić information content (AvgIpc) is 2.79. The summed E-state index contributed by atoms with van der Waals surface area (Å²) in [5, 5.41) is 15.0. The minimum absolute atomic E-state index is 0.0535. The lowest BCUT2D eigenvalue weighted by atomic mass is 10.0. The minimum Gasteiger partial charge on any atom is -0.480 e. The molecule has 2 aromatic rings. The van der Waals surface area contributed by atoms with Gasteiger partial charge in [0, 0.05) is 31.9 Å². The molecule has 9 heteroatoms. The molecule has 33 heavy (non-hydrogen) atoms. The Morgan fingerprint density at radius 1 is 1.30 bits per heavy atom. The number of aryl methyl sites for hydroxylation is 2. The first-order chi connectivity index (χ1) is 15.8. The zero-order valence-electron chi connectivity index (χ0n) is 18.6. The standard InChI is InChI=1S/C24H29ClFN3O4/c1-15(7-9-17-10-8-16-4-3-12-27-22(16)28-17)14-33-13-11-20(24(31)32)29-23(30)21-18(25)5-2-6-19(21)26/h2,5-6,8,10,15,20H,3-4,7,9,11-14H2,1H3,(H,27,28)(H,29,30)(H,31,32). The zero-order valence-corrected chi connectivity index (χ0v) is 19.3. The average molecular weight is 478 g/mol. The SMILES string of the molecule is CC(CCc1ccc2c(n1)NCCC2)COCCC(NC(=O)c1c(F)cccc1Cl)C(=O)O. The molecule has 1 aromatic carbocycles. The molecule has 3 rings (SSSR count). The van der Waals surface area contributed by atoms with Crippen molar-refractivity contribution in [3.63, 3.8) is 0 Å². The van der Waals surface area contributed by atoms with E-state index in [0.717, 1.165) is 49.8 Å². The van der Waals surface area contributed by atoms with Crippen LogP contribution in [-0.2, 0) is 22.4 Å². The number of nitrogens with one attached hydrogen (secondary N) is 2. The molecule has 3 N–H and O–H groups in total. The van der Waals surface area contributed by atoms with E-state index in [-0.39, 0.29) is 29.5 Å². The summed E-state index contributed by atoms with van der Waals surface area (Å²) in [5.41, 5.74) is 1.93. The number of halogens is 2. The number of ether oxygens (including phenoxy) is 1. The Hall–Kier alpha value is -2.71. The van der Waals surface area contributed by atoms with Crippen molar-refractivity contribution in [1.29, 1.82) is 0 Å². The normalized spacial score (nSPS) is 14.6. The molecule has 2 atom stereocenters. The van der Waals surface area contributed by atoms with Crippen LogP contribution in [-0.4, -0.2) is 47.8 Å². The topological polar surface area (TPSA) is 101 Å². The molecule has 0 aliphatic carbocycles. The quantitative estimate of drug-likeness (QED) is 0.421. The fraction of sp³-hybridized carbons (Fsp3) is 0.458. The van der Waals surface area contributed by atoms with Crippen LogP contribution in [0.1, 0.15) is 47.8 Å². The van der Waals surface area contributed by atoms with Crippen molar-refractivity contribution in [2.45, 2.75) is 45.1 Å². The second kappa shape index (κ2) is 12.0. The molecule has 0 fully saturated rings. The molecule has 2 unspecified atom stereocenters. The number of aromatic nitrogens is 1. The number of hydrogen-bond donors (Lipinski definition) is 3. The van der Waals surface area contributed by atoms with Crippen molar-refractivity contribution in [2.75, 3.05) is 25.1 Å². The Morgan fingerprint density at radius 2 is 2.12 bits per heavy atom. The van der Waals surface area contributed by atoms with Crippen molar-refractivity contribution in [2.24, 2.45) is 5.92 Å². The van der Waals surface area contributed by atoms with E-state index in [0.29, 0.717) is 6.61 Å². The fourth-order valence-electron chi connectivity index (χ4n) is 3.67. The highest BCUT2D eigenvalue weighted by atomic mass is 35.5. The summed E-state index contributed by atoms with van der Waals surface area (Å²) in [4.78, 5) is 28.5. The van der Waals surface area contributed by atoms with Gasteiger partial charge < -0.3 is 20.5 Å². The van der Waals surface area contributed by atoms with E-state index in [2.05, 4.69) is 29.7 Å². The highest BCUT2D eigenvalue weighted by Gasteiger charge is 2.24. The van der Waals surface area contributed by atoms with E-state index in [4.69, 9.17) is 21.3 Å². The van der Waals surface area contributed by atoms with Gasteiger partial charge in [-0.2, -0.15) is 0 Å². The van der Waals surface area contributed by atoms with E-state index >= 15 is 0 Å². The number of carboxylic acids is 1. The third kappa shape index (κ3) is 7.14. The molecule has 178 valence electrons. The van der Waals surface area contributed by atoms with Crippen molar-refractivity contribution in [1.82, 2.24) is 10.3 Å². The van der Waals surface area contributed by atoms with Crippen molar-refractivity contribution in [3.05, 3.63) is 58.0 Å². The van der Waals surface area contributed by atoms with E-state index in [1.807, 2.05) is 0 Å². The fourth-order valence-corrected chi connectivity index (χ4v) is 3.92. The minimum atomic E-state index is -1.22. The summed E-state index contributed by atoms with van der Waals surface area (Å²) in [7, 11) is 0. The Labute approximate surface area is 197 Å². The third-order valence-corrected chi connectivity index (χ3v) is 5.91. The van der Waals surface area contributed by atoms with Gasteiger partial charge in [-0.3, -0.25) is 4.79 Å². The molecule has 0 radical (unpaired) electrons. The van der Waals surface area contributed by atoms with Crippen molar-refractivity contribution < 1.29 is 23.8 Å². The van der Waals surface area contributed by atoms with Crippen LogP contribution < -0.4 is 10.6 Å². The molecular weight excluding hydrogens is 449 g/mol. The predicted octanol–water partition coefficient (Wildman–Crippen LogP) is 4.09. The molecule has 7 nitrogen and oxygen atoms in total. The number of benzene rings is 1. The number of carboxylic acid groups (broad SMARTS) is 1. The van der Waals surface area contributed by atoms with Gasteiger partial charge >= 0.3 is 5.97 Å². The third-order valence-electron chi connectivity index (χ3n) is 5.59. The molecule has 1 aliphatic heterocycles. The van der Waals surface area contributed by atoms with E-state index in [1.54, 1.807) is 0 Å². The second-order valence-corrected chi connectivity index (χ2v) is 8.72. The Morgan fingerprint density at radius 3 is 2.88 bits per heavy atom. The van der Waals surface area contributed by atoms with Gasteiger partial charge in [0.2, 0.25) is 0 Å². The summed E-state index contributed by atoms with van der Waals surface area (Å²) in [6, 6.07) is 6.83. The smallest absolute Gasteiger partial charge is 0.326 e. The van der Waals surface area contributed by atoms with Gasteiger partial charge in [-0.25, -0.2) is 14.2 Å². The first-order valence-electron chi connectivity index (χ1n) is 11.1. The number of nitrogens with zero attached hydrogens (tertiary/aromatic N) is 1. The number of hydrogen-bond acceptors (Lipinski definition) is 5. The van der Waals surface area contributed by atoms with Crippen molar-refractivity contribution >= 4 is 29.3 Å². The summed E-state index contributed by atoms with van der Waals surface area (Å²) in [6.45, 7) is 3.63. The maximum atomic E-state index is 13.9. The van der Waals surface area contributed by atoms with Crippen LogP contribution in [0.2, 0.25) is 5.02 Å². The van der Waals surface area contributed by atoms with Crippen LogP contribution in [0.3, 0.4) is 0 Å². The molecule has 0 spiro atoms. The zero-order chi connectivity index (χ0) is 23.8. The summed E-state index contributed by atoms with van der Waals surface area (Å²) >= 11 is 5.88. The Balaban J connectivity index is 1.40. The highest BCUT2D eigenvalue weighted by molar-refractivity contribution is 6.33. The molecule has 2 heterocycles. The van der Waals surface area contributed by atoms with Gasteiger partial charge in [-0.1, -0.05) is 30.7 Å². The summed E-state index contributed by atoms with van der Waals surface area (Å²) in [5.74, 6) is -1.66. The van der Waals surface area contributed by atoms with Gasteiger partial charge in [0.15, 0.2) is 0 Å². The number of anilines is 1. The molecular formula is C24H29ClFN3O4. The van der Waals surface area contributed by atoms with E-state index < -0.39 is 23.7 Å². The van der Waals surface area contributed by atoms with Gasteiger partial charge in [-0.15, -0.1) is 0 Å². The first kappa shape index (κ1) is 24.9. The van der Waals surface area contributed by atoms with E-state index in [1.165, 1.54) is 17.7 Å². The van der Waals surface area contributed by atoms with Crippen LogP contribution in [0.5, 0.6) is 0 Å². The number of carbonyl (C=O) groups is 2. The molecule has 0 saturated carbocycles. The number of fused-ring (bicyclic) bond motifs is 1. The lowest BCUT2D eigenvalue weighted by Gasteiger charge is -2.18. The molecule has 1 aliphatic rings. The van der Waals surface area contributed by atoms with Crippen LogP contribution in [0.15, 0.2) is 30.3 Å². The molecule has 0 saturated heterocycles. The lowest BCUT2D eigenvalue weighted by Crippen LogP contribution is -2.42. The Bertz CT molecular complexity index is 968. The number of carbonyl (C=O) groups excluding carboxylic acids is 1. The number of pyridine rings is 1. The van der Waals surface area contributed by atoms with Crippen LogP contribution in [0.4, 0.5) is 10.2 Å². The van der Waals surface area contributed by atoms with E-state index in [9.17, 15) is 19.1 Å². The summed E-state index contributed by atoms with van der Waals surface area (Å²) < 4.78 is 19.5. The number of rotatable bonds is 11. The van der Waals surface area contributed by atoms with Crippen molar-refractivity contribution in [3.8, 4) is 0 Å². The largest absolute Gasteiger partial charge is 0.480 e. The number of amides is 1. The van der Waals surface area contributed by atoms with Crippen LogP contribution in [0.25, 0.3) is 0 Å². The van der Waals surface area contributed by atoms with Gasteiger partial charge in [-0.05, 0) is 55.4 Å². The summed E-state index contributed by atoms with van der Waals surface area (Å²) in [6.07, 6.45) is 3.96. The maximum absolute atomic E-state index is 13.9. The molecule has 1 amide bonds. The highest BCUT2D eigenvalue weighted by Crippen LogP contribution is 2.21. The second-order valence-electron chi connectivity index (χ2n) is 8.31. The van der Waals surface area contributed by atoms with Gasteiger partial charge in [0.25, 0.3) is 5.91 Å². The number of aliphatic carboxylic acids is 1. The van der Waals surface area contributed by atoms with Gasteiger partial charge in [0.05, 0.1) is 10.6 Å². The lowest BCUT2D eigenvalue weighted by molar-refractivity contribution is -0.139. The molecule has 1 aromatic heterocycles. The predicted molar refractivity (Wildman–Crippen MR) is 124 cm³/mol. The Kier molecular flexibility index (Phi) is 9.03. The van der Waals surface area contributed by atoms with Crippen LogP contribution >= 0.6 is 11.6 Å². The molecule has 0 bridgehead atoms.